The molecule has 6 nitrogen and oxygen atoms in total. The molecule has 0 spiro atoms. The van der Waals surface area contributed by atoms with E-state index in [2.05, 4.69) is 24.1 Å². The molecule has 140 valence electrons. The minimum Gasteiger partial charge on any atom is -0.483 e. The first kappa shape index (κ1) is 19.9. The van der Waals surface area contributed by atoms with Crippen molar-refractivity contribution in [1.82, 2.24) is 4.98 Å². The number of rotatable bonds is 9. The van der Waals surface area contributed by atoms with E-state index >= 15 is 0 Å². The zero-order valence-electron chi connectivity index (χ0n) is 15.3. The summed E-state index contributed by atoms with van der Waals surface area (Å²) in [5, 5.41) is 4.86. The van der Waals surface area contributed by atoms with Gasteiger partial charge in [-0.2, -0.15) is 0 Å². The van der Waals surface area contributed by atoms with Gasteiger partial charge in [0.05, 0.1) is 18.7 Å². The maximum atomic E-state index is 12.1. The van der Waals surface area contributed by atoms with Gasteiger partial charge in [-0.1, -0.05) is 32.0 Å². The third-order valence-electron chi connectivity index (χ3n) is 3.85. The number of esters is 1. The van der Waals surface area contributed by atoms with Crippen LogP contribution in [-0.2, 0) is 20.7 Å². The Labute approximate surface area is 157 Å². The maximum Gasteiger partial charge on any atom is 0.311 e. The molecule has 1 heterocycles. The zero-order chi connectivity index (χ0) is 18.9. The molecule has 26 heavy (non-hydrogen) atoms. The predicted molar refractivity (Wildman–Crippen MR) is 102 cm³/mol. The van der Waals surface area contributed by atoms with Gasteiger partial charge < -0.3 is 9.47 Å². The number of nitrogens with one attached hydrogen (secondary N) is 1. The normalized spacial score (nSPS) is 11.7. The van der Waals surface area contributed by atoms with E-state index in [-0.39, 0.29) is 24.9 Å². The molecule has 1 aromatic carbocycles. The molecule has 0 radical (unpaired) electrons. The number of ether oxygens (including phenoxy) is 2. The van der Waals surface area contributed by atoms with Gasteiger partial charge in [0.1, 0.15) is 5.75 Å². The summed E-state index contributed by atoms with van der Waals surface area (Å²) in [5.41, 5.74) is 1.67. The van der Waals surface area contributed by atoms with Crippen LogP contribution in [0, 0.1) is 0 Å². The summed E-state index contributed by atoms with van der Waals surface area (Å²) in [6.07, 6.45) is 1.09. The molecular formula is C19H24N2O4S. The molecule has 0 aliphatic heterocycles. The first-order valence-corrected chi connectivity index (χ1v) is 9.53. The van der Waals surface area contributed by atoms with E-state index in [1.807, 2.05) is 24.3 Å². The molecule has 1 atom stereocenters. The lowest BCUT2D eigenvalue weighted by Gasteiger charge is -2.15. The van der Waals surface area contributed by atoms with Crippen molar-refractivity contribution in [2.45, 2.75) is 39.5 Å². The molecular weight excluding hydrogens is 352 g/mol. The van der Waals surface area contributed by atoms with Crippen LogP contribution in [0.25, 0.3) is 0 Å². The monoisotopic (exact) mass is 376 g/mol. The number of anilines is 1. The Kier molecular flexibility index (Phi) is 7.59. The summed E-state index contributed by atoms with van der Waals surface area (Å²) in [5.74, 6) is 0.458. The molecule has 0 fully saturated rings. The Morgan fingerprint density at radius 3 is 2.77 bits per heavy atom. The number of nitrogens with zero attached hydrogens (tertiary/aromatic N) is 1. The molecule has 7 heteroatoms. The van der Waals surface area contributed by atoms with Crippen LogP contribution in [0.15, 0.2) is 29.6 Å². The fraction of sp³-hybridized carbons (Fsp3) is 0.421. The second-order valence-corrected chi connectivity index (χ2v) is 6.67. The van der Waals surface area contributed by atoms with Crippen LogP contribution in [-0.4, -0.2) is 30.1 Å². The summed E-state index contributed by atoms with van der Waals surface area (Å²) in [6, 6.07) is 7.75. The van der Waals surface area contributed by atoms with Crippen molar-refractivity contribution in [2.75, 3.05) is 18.5 Å². The lowest BCUT2D eigenvalue weighted by atomic mass is 9.98. The Morgan fingerprint density at radius 2 is 2.04 bits per heavy atom. The third kappa shape index (κ3) is 5.84. The fourth-order valence-electron chi connectivity index (χ4n) is 2.34. The molecule has 1 aromatic heterocycles. The first-order valence-electron chi connectivity index (χ1n) is 8.65. The molecule has 1 amide bonds. The van der Waals surface area contributed by atoms with Crippen molar-refractivity contribution in [2.24, 2.45) is 0 Å². The number of amides is 1. The number of para-hydroxylation sites is 1. The fourth-order valence-corrected chi connectivity index (χ4v) is 3.07. The highest BCUT2D eigenvalue weighted by atomic mass is 32.1. The van der Waals surface area contributed by atoms with Crippen LogP contribution in [0.4, 0.5) is 5.13 Å². The van der Waals surface area contributed by atoms with Crippen molar-refractivity contribution in [1.29, 1.82) is 0 Å². The van der Waals surface area contributed by atoms with Crippen molar-refractivity contribution in [3.63, 3.8) is 0 Å². The highest BCUT2D eigenvalue weighted by Gasteiger charge is 2.13. The average Bonchev–Trinajstić information content (AvgIpc) is 3.06. The van der Waals surface area contributed by atoms with Crippen LogP contribution in [0.5, 0.6) is 5.75 Å². The number of carbonyl (C=O) groups is 2. The van der Waals surface area contributed by atoms with Crippen LogP contribution in [0.2, 0.25) is 0 Å². The smallest absolute Gasteiger partial charge is 0.311 e. The minimum atomic E-state index is -0.333. The van der Waals surface area contributed by atoms with Gasteiger partial charge >= 0.3 is 5.97 Å². The summed E-state index contributed by atoms with van der Waals surface area (Å²) in [6.45, 7) is 6.24. The Morgan fingerprint density at radius 1 is 1.27 bits per heavy atom. The molecule has 1 N–H and O–H groups in total. The highest BCUT2D eigenvalue weighted by molar-refractivity contribution is 7.13. The van der Waals surface area contributed by atoms with Crippen LogP contribution >= 0.6 is 11.3 Å². The molecule has 0 aliphatic rings. The van der Waals surface area contributed by atoms with E-state index in [0.29, 0.717) is 23.4 Å². The van der Waals surface area contributed by atoms with E-state index in [1.165, 1.54) is 11.3 Å². The van der Waals surface area contributed by atoms with E-state index < -0.39 is 0 Å². The minimum absolute atomic E-state index is 0.0962. The van der Waals surface area contributed by atoms with Crippen molar-refractivity contribution >= 4 is 28.3 Å². The Balaban J connectivity index is 1.88. The van der Waals surface area contributed by atoms with Crippen LogP contribution in [0.1, 0.15) is 44.4 Å². The molecule has 0 saturated heterocycles. The second kappa shape index (κ2) is 9.91. The van der Waals surface area contributed by atoms with E-state index in [0.717, 1.165) is 17.7 Å². The third-order valence-corrected chi connectivity index (χ3v) is 4.66. The van der Waals surface area contributed by atoms with E-state index in [1.54, 1.807) is 12.3 Å². The number of benzene rings is 1. The SMILES string of the molecule is CCOC(=O)Cc1csc(NC(=O)COc2ccccc2C(C)CC)n1. The summed E-state index contributed by atoms with van der Waals surface area (Å²) >= 11 is 1.26. The lowest BCUT2D eigenvalue weighted by molar-refractivity contribution is -0.142. The lowest BCUT2D eigenvalue weighted by Crippen LogP contribution is -2.20. The number of aromatic nitrogens is 1. The number of hydrogen-bond acceptors (Lipinski definition) is 6. The van der Waals surface area contributed by atoms with Crippen LogP contribution < -0.4 is 10.1 Å². The van der Waals surface area contributed by atoms with Gasteiger partial charge in [0.25, 0.3) is 5.91 Å². The Bertz CT molecular complexity index is 745. The quantitative estimate of drug-likeness (QED) is 0.674. The summed E-state index contributed by atoms with van der Waals surface area (Å²) in [7, 11) is 0. The molecule has 0 saturated carbocycles. The van der Waals surface area contributed by atoms with Crippen LogP contribution in [0.3, 0.4) is 0 Å². The standard InChI is InChI=1S/C19H24N2O4S/c1-4-13(3)15-8-6-7-9-16(15)25-11-17(22)21-19-20-14(12-26-19)10-18(23)24-5-2/h6-9,12-13H,4-5,10-11H2,1-3H3,(H,20,21,22). The van der Waals surface area contributed by atoms with E-state index in [4.69, 9.17) is 9.47 Å². The topological polar surface area (TPSA) is 77.5 Å². The van der Waals surface area contributed by atoms with Crippen molar-refractivity contribution in [3.8, 4) is 5.75 Å². The Hall–Kier alpha value is -2.41. The summed E-state index contributed by atoms with van der Waals surface area (Å²) in [4.78, 5) is 27.8. The first-order chi connectivity index (χ1) is 12.5. The maximum absolute atomic E-state index is 12.1. The van der Waals surface area contributed by atoms with Gasteiger partial charge in [-0.05, 0) is 30.9 Å². The zero-order valence-corrected chi connectivity index (χ0v) is 16.1. The highest BCUT2D eigenvalue weighted by Crippen LogP contribution is 2.28. The van der Waals surface area contributed by atoms with Gasteiger partial charge in [0.15, 0.2) is 11.7 Å². The average molecular weight is 376 g/mol. The molecule has 2 rings (SSSR count). The number of carbonyl (C=O) groups excluding carboxylic acids is 2. The largest absolute Gasteiger partial charge is 0.483 e. The molecule has 1 unspecified atom stereocenters. The molecule has 0 aliphatic carbocycles. The van der Waals surface area contributed by atoms with Gasteiger partial charge in [0.2, 0.25) is 0 Å². The second-order valence-electron chi connectivity index (χ2n) is 5.81. The number of hydrogen-bond donors (Lipinski definition) is 1. The van der Waals surface area contributed by atoms with Crippen molar-refractivity contribution in [3.05, 3.63) is 40.9 Å². The number of thiazole rings is 1. The van der Waals surface area contributed by atoms with Gasteiger partial charge in [0, 0.05) is 5.38 Å². The predicted octanol–water partition coefficient (Wildman–Crippen LogP) is 3.78. The molecule has 2 aromatic rings. The van der Waals surface area contributed by atoms with Gasteiger partial charge in [-0.3, -0.25) is 14.9 Å². The van der Waals surface area contributed by atoms with Gasteiger partial charge in [-0.25, -0.2) is 4.98 Å². The molecule has 0 bridgehead atoms. The van der Waals surface area contributed by atoms with Crippen molar-refractivity contribution < 1.29 is 19.1 Å². The van der Waals surface area contributed by atoms with Gasteiger partial charge in [-0.15, -0.1) is 11.3 Å². The summed E-state index contributed by atoms with van der Waals surface area (Å²) < 4.78 is 10.6. The van der Waals surface area contributed by atoms with E-state index in [9.17, 15) is 9.59 Å².